The van der Waals surface area contributed by atoms with Crippen LogP contribution in [0.4, 0.5) is 5.69 Å². The van der Waals surface area contributed by atoms with Crippen molar-refractivity contribution in [2.75, 3.05) is 18.0 Å². The summed E-state index contributed by atoms with van der Waals surface area (Å²) in [6, 6.07) is 17.5. The zero-order valence-electron chi connectivity index (χ0n) is 20.3. The summed E-state index contributed by atoms with van der Waals surface area (Å²) in [5.74, 6) is 1.45. The third-order valence-corrected chi connectivity index (χ3v) is 8.61. The van der Waals surface area contributed by atoms with Crippen LogP contribution in [-0.4, -0.2) is 25.2 Å². The number of aryl methyl sites for hydroxylation is 1. The number of nitrogens with one attached hydrogen (secondary N) is 1. The van der Waals surface area contributed by atoms with Crippen molar-refractivity contribution in [3.8, 4) is 0 Å². The van der Waals surface area contributed by atoms with E-state index in [1.807, 2.05) is 0 Å². The quantitative estimate of drug-likeness (QED) is 0.432. The molecule has 4 bridgehead atoms. The van der Waals surface area contributed by atoms with Crippen molar-refractivity contribution in [2.24, 2.45) is 22.4 Å². The van der Waals surface area contributed by atoms with Gasteiger partial charge in [0, 0.05) is 18.8 Å². The topological polar surface area (TPSA) is 44.7 Å². The highest BCUT2D eigenvalue weighted by Crippen LogP contribution is 2.65. The maximum Gasteiger partial charge on any atom is 0.246 e. The molecule has 1 N–H and O–H groups in total. The Bertz CT molecular complexity index is 1010. The molecule has 4 aliphatic rings. The molecule has 174 valence electrons. The zero-order valence-corrected chi connectivity index (χ0v) is 20.3. The summed E-state index contributed by atoms with van der Waals surface area (Å²) in [6.07, 6.45) is 8.57. The number of hydrogen-bond acceptors (Lipinski definition) is 3. The smallest absolute Gasteiger partial charge is 0.246 e. The van der Waals surface area contributed by atoms with Crippen molar-refractivity contribution in [3.63, 3.8) is 0 Å². The standard InChI is InChI=1S/C29H37N3O/c1-4-32(5-2)26-12-8-22(9-13-26)19-30-31-27(33)29-17-23-14-24(18-29)16-28(15-23,20-29)25-10-6-21(3)7-11-25/h6-13,19,23-24H,4-5,14-18,20H2,1-3H3,(H,31,33)/b30-19-/t23-,24+,28?,29?. The third kappa shape index (κ3) is 4.09. The van der Waals surface area contributed by atoms with Crippen LogP contribution in [0.5, 0.6) is 0 Å². The molecule has 2 unspecified atom stereocenters. The van der Waals surface area contributed by atoms with Gasteiger partial charge in [0.15, 0.2) is 0 Å². The van der Waals surface area contributed by atoms with Crippen molar-refractivity contribution < 1.29 is 4.79 Å². The molecule has 0 aromatic heterocycles. The van der Waals surface area contributed by atoms with Crippen LogP contribution in [0.15, 0.2) is 53.6 Å². The molecule has 4 aliphatic carbocycles. The van der Waals surface area contributed by atoms with E-state index in [9.17, 15) is 4.79 Å². The molecular weight excluding hydrogens is 406 g/mol. The summed E-state index contributed by atoms with van der Waals surface area (Å²) in [7, 11) is 0. The normalized spacial score (nSPS) is 30.0. The highest BCUT2D eigenvalue weighted by molar-refractivity contribution is 5.86. The van der Waals surface area contributed by atoms with Crippen LogP contribution in [0.25, 0.3) is 0 Å². The maximum absolute atomic E-state index is 13.5. The summed E-state index contributed by atoms with van der Waals surface area (Å²) in [6.45, 7) is 8.47. The molecule has 4 heteroatoms. The molecule has 2 aromatic carbocycles. The first-order valence-corrected chi connectivity index (χ1v) is 12.7. The predicted molar refractivity (Wildman–Crippen MR) is 136 cm³/mol. The molecule has 4 nitrogen and oxygen atoms in total. The van der Waals surface area contributed by atoms with E-state index in [4.69, 9.17) is 0 Å². The van der Waals surface area contributed by atoms with E-state index in [1.54, 1.807) is 6.21 Å². The molecule has 0 saturated heterocycles. The Labute approximate surface area is 198 Å². The van der Waals surface area contributed by atoms with Gasteiger partial charge in [-0.1, -0.05) is 42.0 Å². The van der Waals surface area contributed by atoms with Gasteiger partial charge in [0.2, 0.25) is 5.91 Å². The Morgan fingerprint density at radius 2 is 1.64 bits per heavy atom. The first-order chi connectivity index (χ1) is 15.9. The van der Waals surface area contributed by atoms with Crippen LogP contribution < -0.4 is 10.3 Å². The number of benzene rings is 2. The van der Waals surface area contributed by atoms with Crippen molar-refractivity contribution in [3.05, 3.63) is 65.2 Å². The second-order valence-electron chi connectivity index (χ2n) is 10.9. The van der Waals surface area contributed by atoms with Crippen molar-refractivity contribution in [2.45, 2.75) is 64.7 Å². The van der Waals surface area contributed by atoms with Gasteiger partial charge in [0.05, 0.1) is 11.6 Å². The largest absolute Gasteiger partial charge is 0.372 e. The monoisotopic (exact) mass is 443 g/mol. The lowest BCUT2D eigenvalue weighted by atomic mass is 9.42. The minimum absolute atomic E-state index is 0.129. The fourth-order valence-electron chi connectivity index (χ4n) is 7.42. The Morgan fingerprint density at radius 3 is 2.24 bits per heavy atom. The Morgan fingerprint density at radius 1 is 1.00 bits per heavy atom. The van der Waals surface area contributed by atoms with Gasteiger partial charge in [-0.2, -0.15) is 5.10 Å². The highest BCUT2D eigenvalue weighted by atomic mass is 16.2. The van der Waals surface area contributed by atoms with Crippen LogP contribution in [0, 0.1) is 24.2 Å². The Kier molecular flexibility index (Phi) is 5.80. The minimum atomic E-state index is -0.265. The molecule has 4 saturated carbocycles. The fraction of sp³-hybridized carbons (Fsp3) is 0.517. The lowest BCUT2D eigenvalue weighted by Gasteiger charge is -2.61. The summed E-state index contributed by atoms with van der Waals surface area (Å²) in [5, 5.41) is 4.38. The fourth-order valence-corrected chi connectivity index (χ4v) is 7.42. The maximum atomic E-state index is 13.5. The molecule has 0 spiro atoms. The molecule has 33 heavy (non-hydrogen) atoms. The van der Waals surface area contributed by atoms with Crippen LogP contribution >= 0.6 is 0 Å². The Hall–Kier alpha value is -2.62. The predicted octanol–water partition coefficient (Wildman–Crippen LogP) is 5.83. The van der Waals surface area contributed by atoms with E-state index in [1.165, 1.54) is 36.1 Å². The zero-order chi connectivity index (χ0) is 23.1. The molecule has 0 aliphatic heterocycles. The van der Waals surface area contributed by atoms with Gasteiger partial charge in [-0.15, -0.1) is 0 Å². The molecule has 4 fully saturated rings. The van der Waals surface area contributed by atoms with Crippen molar-refractivity contribution in [1.29, 1.82) is 0 Å². The van der Waals surface area contributed by atoms with Gasteiger partial charge in [0.25, 0.3) is 0 Å². The molecule has 4 atom stereocenters. The number of nitrogens with zero attached hydrogens (tertiary/aromatic N) is 2. The lowest BCUT2D eigenvalue weighted by molar-refractivity contribution is -0.149. The number of hydrogen-bond donors (Lipinski definition) is 1. The first kappa shape index (κ1) is 22.2. The van der Waals surface area contributed by atoms with E-state index >= 15 is 0 Å². The van der Waals surface area contributed by atoms with Crippen molar-refractivity contribution in [1.82, 2.24) is 5.43 Å². The van der Waals surface area contributed by atoms with Gasteiger partial charge in [-0.3, -0.25) is 4.79 Å². The van der Waals surface area contributed by atoms with E-state index in [-0.39, 0.29) is 16.7 Å². The SMILES string of the molecule is CCN(CC)c1ccc(/C=N\NC(=O)C23C[C@H]4C[C@@H](C2)CC(c2ccc(C)cc2)(C4)C3)cc1. The summed E-state index contributed by atoms with van der Waals surface area (Å²) >= 11 is 0. The summed E-state index contributed by atoms with van der Waals surface area (Å²) < 4.78 is 0. The van der Waals surface area contributed by atoms with E-state index < -0.39 is 0 Å². The molecular formula is C29H37N3O. The molecule has 1 amide bonds. The van der Waals surface area contributed by atoms with Crippen LogP contribution in [0.1, 0.15) is 69.1 Å². The second-order valence-corrected chi connectivity index (χ2v) is 10.9. The van der Waals surface area contributed by atoms with Gasteiger partial charge < -0.3 is 4.90 Å². The van der Waals surface area contributed by atoms with E-state index in [0.29, 0.717) is 11.8 Å². The van der Waals surface area contributed by atoms with Gasteiger partial charge >= 0.3 is 0 Å². The van der Waals surface area contributed by atoms with Crippen LogP contribution in [0.2, 0.25) is 0 Å². The molecule has 6 rings (SSSR count). The van der Waals surface area contributed by atoms with Crippen molar-refractivity contribution >= 4 is 17.8 Å². The average Bonchev–Trinajstić information content (AvgIpc) is 2.80. The molecule has 2 aromatic rings. The van der Waals surface area contributed by atoms with Gasteiger partial charge in [0.1, 0.15) is 0 Å². The number of amides is 1. The van der Waals surface area contributed by atoms with Crippen LogP contribution in [-0.2, 0) is 10.2 Å². The molecule has 0 heterocycles. The number of rotatable bonds is 7. The number of carbonyl (C=O) groups excluding carboxylic acids is 1. The number of hydrazone groups is 1. The van der Waals surface area contributed by atoms with Crippen LogP contribution in [0.3, 0.4) is 0 Å². The van der Waals surface area contributed by atoms with E-state index in [2.05, 4.69) is 84.7 Å². The third-order valence-electron chi connectivity index (χ3n) is 8.61. The van der Waals surface area contributed by atoms with E-state index in [0.717, 1.165) is 37.9 Å². The summed E-state index contributed by atoms with van der Waals surface area (Å²) in [5.41, 5.74) is 7.81. The molecule has 0 radical (unpaired) electrons. The van der Waals surface area contributed by atoms with Gasteiger partial charge in [-0.05, 0) is 99.8 Å². The minimum Gasteiger partial charge on any atom is -0.372 e. The summed E-state index contributed by atoms with van der Waals surface area (Å²) in [4.78, 5) is 15.8. The second kappa shape index (κ2) is 8.62. The average molecular weight is 444 g/mol. The Balaban J connectivity index is 1.30. The van der Waals surface area contributed by atoms with Gasteiger partial charge in [-0.25, -0.2) is 5.43 Å². The first-order valence-electron chi connectivity index (χ1n) is 12.7. The number of carbonyl (C=O) groups is 1. The lowest BCUT2D eigenvalue weighted by Crippen LogP contribution is -2.58. The highest BCUT2D eigenvalue weighted by Gasteiger charge is 2.60. The number of anilines is 1.